The van der Waals surface area contributed by atoms with Gasteiger partial charge in [-0.2, -0.15) is 0 Å². The second kappa shape index (κ2) is 7.12. The molecule has 0 radical (unpaired) electrons. The van der Waals surface area contributed by atoms with Crippen LogP contribution in [0.1, 0.15) is 13.3 Å². The van der Waals surface area contributed by atoms with Crippen LogP contribution in [0.15, 0.2) is 42.5 Å². The number of halogens is 1. The number of hydrogen-bond acceptors (Lipinski definition) is 3. The second-order valence-corrected chi connectivity index (χ2v) is 5.50. The van der Waals surface area contributed by atoms with Gasteiger partial charge in [0.15, 0.2) is 0 Å². The van der Waals surface area contributed by atoms with Crippen molar-refractivity contribution in [3.8, 4) is 11.4 Å². The molecule has 0 saturated heterocycles. The van der Waals surface area contributed by atoms with E-state index in [0.717, 1.165) is 5.56 Å². The maximum absolute atomic E-state index is 13.2. The van der Waals surface area contributed by atoms with Gasteiger partial charge in [-0.3, -0.25) is 9.59 Å². The number of rotatable bonds is 5. The molecule has 0 aliphatic rings. The molecule has 0 saturated carbocycles. The highest BCUT2D eigenvalue weighted by Crippen LogP contribution is 2.22. The Balaban J connectivity index is 1.68. The monoisotopic (exact) mass is 340 g/mol. The summed E-state index contributed by atoms with van der Waals surface area (Å²) in [4.78, 5) is 30.4. The molecule has 0 unspecified atom stereocenters. The maximum Gasteiger partial charge on any atom is 0.243 e. The van der Waals surface area contributed by atoms with Gasteiger partial charge in [0.05, 0.1) is 17.6 Å². The van der Waals surface area contributed by atoms with Gasteiger partial charge in [-0.25, -0.2) is 9.37 Å². The number of fused-ring (bicyclic) bond motifs is 1. The molecular weight excluding hydrogens is 323 g/mol. The number of imidazole rings is 1. The molecule has 2 aromatic carbocycles. The van der Waals surface area contributed by atoms with Crippen molar-refractivity contribution in [1.82, 2.24) is 15.3 Å². The van der Waals surface area contributed by atoms with Crippen LogP contribution in [-0.2, 0) is 9.59 Å². The van der Waals surface area contributed by atoms with Crippen LogP contribution in [0.2, 0.25) is 0 Å². The number of H-pyrrole nitrogens is 1. The van der Waals surface area contributed by atoms with Crippen LogP contribution in [0.25, 0.3) is 22.4 Å². The molecule has 25 heavy (non-hydrogen) atoms. The van der Waals surface area contributed by atoms with Gasteiger partial charge in [-0.1, -0.05) is 6.92 Å². The van der Waals surface area contributed by atoms with Crippen molar-refractivity contribution >= 4 is 28.5 Å². The lowest BCUT2D eigenvalue weighted by Gasteiger charge is -2.06. The van der Waals surface area contributed by atoms with Crippen LogP contribution < -0.4 is 10.6 Å². The van der Waals surface area contributed by atoms with Gasteiger partial charge in [0.25, 0.3) is 0 Å². The Bertz CT molecular complexity index is 918. The summed E-state index contributed by atoms with van der Waals surface area (Å²) in [7, 11) is 0. The van der Waals surface area contributed by atoms with Gasteiger partial charge in [0.2, 0.25) is 11.8 Å². The number of amides is 2. The number of carbonyl (C=O) groups excluding carboxylic acids is 2. The summed E-state index contributed by atoms with van der Waals surface area (Å²) in [5.74, 6) is -0.176. The molecule has 7 heteroatoms. The lowest BCUT2D eigenvalue weighted by atomic mass is 10.2. The first kappa shape index (κ1) is 16.6. The number of hydrogen-bond donors (Lipinski definition) is 3. The Kier molecular flexibility index (Phi) is 4.74. The van der Waals surface area contributed by atoms with Crippen molar-refractivity contribution in [2.45, 2.75) is 13.3 Å². The fourth-order valence-corrected chi connectivity index (χ4v) is 2.34. The predicted molar refractivity (Wildman–Crippen MR) is 93.4 cm³/mol. The first-order valence-corrected chi connectivity index (χ1v) is 7.87. The third-order valence-corrected chi connectivity index (χ3v) is 3.65. The first-order valence-electron chi connectivity index (χ1n) is 7.87. The zero-order valence-electron chi connectivity index (χ0n) is 13.6. The van der Waals surface area contributed by atoms with Gasteiger partial charge in [0, 0.05) is 17.7 Å². The van der Waals surface area contributed by atoms with Crippen molar-refractivity contribution < 1.29 is 14.0 Å². The summed E-state index contributed by atoms with van der Waals surface area (Å²) in [6.45, 7) is 1.65. The zero-order valence-corrected chi connectivity index (χ0v) is 13.6. The third-order valence-electron chi connectivity index (χ3n) is 3.65. The van der Waals surface area contributed by atoms with Crippen LogP contribution in [0.3, 0.4) is 0 Å². The molecule has 128 valence electrons. The molecule has 1 aromatic heterocycles. The minimum Gasteiger partial charge on any atom is -0.347 e. The van der Waals surface area contributed by atoms with Crippen LogP contribution >= 0.6 is 0 Å². The molecule has 3 aromatic rings. The number of aromatic amines is 1. The average Bonchev–Trinajstić information content (AvgIpc) is 3.03. The van der Waals surface area contributed by atoms with Crippen LogP contribution in [0, 0.1) is 5.82 Å². The van der Waals surface area contributed by atoms with E-state index >= 15 is 0 Å². The van der Waals surface area contributed by atoms with Crippen molar-refractivity contribution in [1.29, 1.82) is 0 Å². The maximum atomic E-state index is 13.2. The molecule has 0 aliphatic heterocycles. The van der Waals surface area contributed by atoms with E-state index in [1.54, 1.807) is 37.3 Å². The van der Waals surface area contributed by atoms with Gasteiger partial charge in [-0.05, 0) is 42.5 Å². The summed E-state index contributed by atoms with van der Waals surface area (Å²) < 4.78 is 13.2. The van der Waals surface area contributed by atoms with E-state index in [0.29, 0.717) is 29.0 Å². The Hall–Kier alpha value is -3.22. The summed E-state index contributed by atoms with van der Waals surface area (Å²) in [5.41, 5.74) is 2.73. The van der Waals surface area contributed by atoms with Crippen LogP contribution in [-0.4, -0.2) is 28.3 Å². The predicted octanol–water partition coefficient (Wildman–Crippen LogP) is 2.83. The summed E-state index contributed by atoms with van der Waals surface area (Å²) in [6, 6.07) is 11.5. The van der Waals surface area contributed by atoms with Gasteiger partial charge >= 0.3 is 0 Å². The fraction of sp³-hybridized carbons (Fsp3) is 0.167. The fourth-order valence-electron chi connectivity index (χ4n) is 2.34. The highest BCUT2D eigenvalue weighted by atomic mass is 19.1. The third kappa shape index (κ3) is 4.00. The molecule has 6 nitrogen and oxygen atoms in total. The Labute approximate surface area is 143 Å². The van der Waals surface area contributed by atoms with Gasteiger partial charge < -0.3 is 15.6 Å². The van der Waals surface area contributed by atoms with Crippen molar-refractivity contribution in [2.75, 3.05) is 11.9 Å². The number of anilines is 1. The lowest BCUT2D eigenvalue weighted by Crippen LogP contribution is -2.32. The summed E-state index contributed by atoms with van der Waals surface area (Å²) >= 11 is 0. The average molecular weight is 340 g/mol. The van der Waals surface area contributed by atoms with E-state index in [4.69, 9.17) is 0 Å². The molecular formula is C18H17FN4O2. The van der Waals surface area contributed by atoms with E-state index in [1.165, 1.54) is 12.1 Å². The number of nitrogens with zero attached hydrogens (tertiary/aromatic N) is 1. The lowest BCUT2D eigenvalue weighted by molar-refractivity contribution is -0.123. The first-order chi connectivity index (χ1) is 12.0. The normalized spacial score (nSPS) is 10.6. The Morgan fingerprint density at radius 1 is 1.12 bits per heavy atom. The molecule has 3 rings (SSSR count). The van der Waals surface area contributed by atoms with Crippen molar-refractivity contribution in [3.63, 3.8) is 0 Å². The van der Waals surface area contributed by atoms with Gasteiger partial charge in [-0.15, -0.1) is 0 Å². The zero-order chi connectivity index (χ0) is 17.8. The van der Waals surface area contributed by atoms with Crippen molar-refractivity contribution in [2.24, 2.45) is 0 Å². The van der Waals surface area contributed by atoms with Crippen LogP contribution in [0.4, 0.5) is 10.1 Å². The largest absolute Gasteiger partial charge is 0.347 e. The smallest absolute Gasteiger partial charge is 0.243 e. The Morgan fingerprint density at radius 2 is 1.88 bits per heavy atom. The molecule has 0 spiro atoms. The molecule has 1 heterocycles. The molecule has 0 atom stereocenters. The van der Waals surface area contributed by atoms with Crippen LogP contribution in [0.5, 0.6) is 0 Å². The minimum absolute atomic E-state index is 0.0659. The van der Waals surface area contributed by atoms with E-state index in [9.17, 15) is 14.0 Å². The van der Waals surface area contributed by atoms with Crippen molar-refractivity contribution in [3.05, 3.63) is 48.3 Å². The number of benzene rings is 2. The topological polar surface area (TPSA) is 86.9 Å². The molecule has 0 bridgehead atoms. The highest BCUT2D eigenvalue weighted by Gasteiger charge is 2.08. The summed E-state index contributed by atoms with van der Waals surface area (Å²) in [6.07, 6.45) is 0.337. The molecule has 0 fully saturated rings. The quantitative estimate of drug-likeness (QED) is 0.667. The number of nitrogens with one attached hydrogen (secondary N) is 3. The van der Waals surface area contributed by atoms with E-state index in [1.807, 2.05) is 0 Å². The standard InChI is InChI=1S/C18H17FN4O2/c1-2-16(24)20-10-17(25)21-13-6-3-11(4-7-13)18-22-14-8-5-12(19)9-15(14)23-18/h3-9H,2,10H2,1H3,(H,20,24)(H,21,25)(H,22,23). The SMILES string of the molecule is CCC(=O)NCC(=O)Nc1ccc(-c2nc3ccc(F)cc3[nH]2)cc1. The minimum atomic E-state index is -0.323. The molecule has 3 N–H and O–H groups in total. The van der Waals surface area contributed by atoms with E-state index < -0.39 is 0 Å². The Morgan fingerprint density at radius 3 is 2.60 bits per heavy atom. The molecule has 2 amide bonds. The number of aromatic nitrogens is 2. The highest BCUT2D eigenvalue weighted by molar-refractivity contribution is 5.94. The number of carbonyl (C=O) groups is 2. The van der Waals surface area contributed by atoms with Gasteiger partial charge in [0.1, 0.15) is 11.6 Å². The second-order valence-electron chi connectivity index (χ2n) is 5.50. The summed E-state index contributed by atoms with van der Waals surface area (Å²) in [5, 5.41) is 5.21. The van der Waals surface area contributed by atoms with E-state index in [2.05, 4.69) is 20.6 Å². The van der Waals surface area contributed by atoms with E-state index in [-0.39, 0.29) is 24.2 Å². The molecule has 0 aliphatic carbocycles.